The molecule has 0 bridgehead atoms. The van der Waals surface area contributed by atoms with Crippen molar-refractivity contribution in [3.8, 4) is 17.5 Å². The number of ether oxygens (including phenoxy) is 1. The van der Waals surface area contributed by atoms with E-state index in [1.165, 1.54) is 15.6 Å². The monoisotopic (exact) mass is 432 g/mol. The molecular weight excluding hydrogens is 416 g/mol. The molecule has 154 valence electrons. The standard InChI is InChI=1S/C22H17ClN6O2/c1-15-11-17(23)7-8-20(15)31-14-28-10-9-19(27-28)22(30)26-21-16(12-24)13-25-29(21)18-5-3-2-4-6-18/h2-11,13H,14H2,1H3,(H,26,30). The largest absolute Gasteiger partial charge is 0.471 e. The smallest absolute Gasteiger partial charge is 0.277 e. The first-order valence-corrected chi connectivity index (χ1v) is 9.70. The quantitative estimate of drug-likeness (QED) is 0.492. The van der Waals surface area contributed by atoms with Gasteiger partial charge in [-0.05, 0) is 48.9 Å². The molecule has 0 aliphatic carbocycles. The molecule has 0 fully saturated rings. The summed E-state index contributed by atoms with van der Waals surface area (Å²) < 4.78 is 8.75. The summed E-state index contributed by atoms with van der Waals surface area (Å²) in [6.45, 7) is 2.02. The van der Waals surface area contributed by atoms with Crippen LogP contribution in [0.1, 0.15) is 21.6 Å². The van der Waals surface area contributed by atoms with Crippen LogP contribution >= 0.6 is 11.6 Å². The van der Waals surface area contributed by atoms with Crippen molar-refractivity contribution in [1.82, 2.24) is 19.6 Å². The highest BCUT2D eigenvalue weighted by molar-refractivity contribution is 6.30. The van der Waals surface area contributed by atoms with Crippen LogP contribution in [-0.4, -0.2) is 25.5 Å². The zero-order valence-electron chi connectivity index (χ0n) is 16.5. The molecule has 0 spiro atoms. The van der Waals surface area contributed by atoms with Crippen LogP contribution in [0.15, 0.2) is 67.0 Å². The summed E-state index contributed by atoms with van der Waals surface area (Å²) in [6.07, 6.45) is 3.05. The van der Waals surface area contributed by atoms with E-state index in [4.69, 9.17) is 16.3 Å². The molecule has 2 aromatic carbocycles. The van der Waals surface area contributed by atoms with Gasteiger partial charge in [0.1, 0.15) is 17.4 Å². The van der Waals surface area contributed by atoms with Crippen LogP contribution in [0.4, 0.5) is 5.82 Å². The van der Waals surface area contributed by atoms with Gasteiger partial charge in [0.25, 0.3) is 5.91 Å². The van der Waals surface area contributed by atoms with Crippen molar-refractivity contribution in [2.45, 2.75) is 13.7 Å². The van der Waals surface area contributed by atoms with Crippen molar-refractivity contribution >= 4 is 23.3 Å². The van der Waals surface area contributed by atoms with Gasteiger partial charge in [0, 0.05) is 11.2 Å². The first kappa shape index (κ1) is 20.2. The number of hydrogen-bond acceptors (Lipinski definition) is 5. The average molecular weight is 433 g/mol. The molecule has 31 heavy (non-hydrogen) atoms. The van der Waals surface area contributed by atoms with Crippen molar-refractivity contribution in [3.05, 3.63) is 88.8 Å². The van der Waals surface area contributed by atoms with Gasteiger partial charge in [-0.1, -0.05) is 29.8 Å². The number of hydrogen-bond donors (Lipinski definition) is 1. The molecule has 9 heteroatoms. The molecule has 0 atom stereocenters. The summed E-state index contributed by atoms with van der Waals surface area (Å²) in [5.74, 6) is 0.494. The van der Waals surface area contributed by atoms with Gasteiger partial charge in [-0.3, -0.25) is 4.79 Å². The van der Waals surface area contributed by atoms with Gasteiger partial charge in [0.05, 0.1) is 11.9 Å². The number of benzene rings is 2. The van der Waals surface area contributed by atoms with Crippen LogP contribution in [-0.2, 0) is 6.73 Å². The summed E-state index contributed by atoms with van der Waals surface area (Å²) in [4.78, 5) is 12.7. The maximum Gasteiger partial charge on any atom is 0.277 e. The number of aryl methyl sites for hydroxylation is 1. The normalized spacial score (nSPS) is 10.5. The highest BCUT2D eigenvalue weighted by Crippen LogP contribution is 2.22. The lowest BCUT2D eigenvalue weighted by Crippen LogP contribution is -2.17. The van der Waals surface area contributed by atoms with Gasteiger partial charge in [-0.25, -0.2) is 9.36 Å². The van der Waals surface area contributed by atoms with Crippen LogP contribution < -0.4 is 10.1 Å². The first-order chi connectivity index (χ1) is 15.0. The number of aromatic nitrogens is 4. The Labute approximate surface area is 183 Å². The van der Waals surface area contributed by atoms with Gasteiger partial charge >= 0.3 is 0 Å². The molecule has 0 aliphatic heterocycles. The molecule has 2 heterocycles. The third kappa shape index (κ3) is 4.42. The summed E-state index contributed by atoms with van der Waals surface area (Å²) >= 11 is 5.96. The van der Waals surface area contributed by atoms with E-state index < -0.39 is 5.91 Å². The molecule has 0 radical (unpaired) electrons. The number of nitrogens with one attached hydrogen (secondary N) is 1. The second-order valence-electron chi connectivity index (χ2n) is 6.64. The van der Waals surface area contributed by atoms with Crippen molar-refractivity contribution in [2.24, 2.45) is 0 Å². The number of rotatable bonds is 6. The van der Waals surface area contributed by atoms with Crippen LogP contribution in [0.2, 0.25) is 5.02 Å². The molecule has 4 aromatic rings. The highest BCUT2D eigenvalue weighted by Gasteiger charge is 2.18. The Hall–Kier alpha value is -4.09. The highest BCUT2D eigenvalue weighted by atomic mass is 35.5. The predicted octanol–water partition coefficient (Wildman–Crippen LogP) is 4.19. The van der Waals surface area contributed by atoms with Crippen molar-refractivity contribution in [1.29, 1.82) is 5.26 Å². The first-order valence-electron chi connectivity index (χ1n) is 9.32. The minimum Gasteiger partial charge on any atom is -0.471 e. The fourth-order valence-electron chi connectivity index (χ4n) is 2.95. The number of amides is 1. The Bertz CT molecular complexity index is 1270. The maximum absolute atomic E-state index is 12.7. The van der Waals surface area contributed by atoms with Crippen LogP contribution in [0, 0.1) is 18.3 Å². The van der Waals surface area contributed by atoms with E-state index in [2.05, 4.69) is 15.5 Å². The Morgan fingerprint density at radius 3 is 2.77 bits per heavy atom. The second kappa shape index (κ2) is 8.73. The van der Waals surface area contributed by atoms with Gasteiger partial charge in [0.15, 0.2) is 18.2 Å². The molecular formula is C22H17ClN6O2. The van der Waals surface area contributed by atoms with Gasteiger partial charge in [-0.15, -0.1) is 0 Å². The van der Waals surface area contributed by atoms with E-state index in [1.54, 1.807) is 24.4 Å². The predicted molar refractivity (Wildman–Crippen MR) is 115 cm³/mol. The molecule has 0 aliphatic rings. The molecule has 1 amide bonds. The van der Waals surface area contributed by atoms with Crippen LogP contribution in [0.3, 0.4) is 0 Å². The number of para-hydroxylation sites is 1. The van der Waals surface area contributed by atoms with E-state index in [-0.39, 0.29) is 23.8 Å². The van der Waals surface area contributed by atoms with Crippen LogP contribution in [0.5, 0.6) is 5.75 Å². The average Bonchev–Trinajstić information content (AvgIpc) is 3.41. The van der Waals surface area contributed by atoms with Crippen molar-refractivity contribution in [2.75, 3.05) is 5.32 Å². The number of nitriles is 1. The molecule has 0 unspecified atom stereocenters. The number of halogens is 1. The van der Waals surface area contributed by atoms with Crippen molar-refractivity contribution < 1.29 is 9.53 Å². The Morgan fingerprint density at radius 1 is 1.23 bits per heavy atom. The van der Waals surface area contributed by atoms with E-state index in [0.717, 1.165) is 11.3 Å². The maximum atomic E-state index is 12.7. The molecule has 0 saturated carbocycles. The number of anilines is 1. The minimum atomic E-state index is -0.462. The lowest BCUT2D eigenvalue weighted by molar-refractivity contribution is 0.101. The fraction of sp³-hybridized carbons (Fsp3) is 0.0909. The Balaban J connectivity index is 1.49. The summed E-state index contributed by atoms with van der Waals surface area (Å²) in [5, 5.41) is 21.2. The van der Waals surface area contributed by atoms with E-state index in [9.17, 15) is 10.1 Å². The topological polar surface area (TPSA) is 97.8 Å². The summed E-state index contributed by atoms with van der Waals surface area (Å²) in [5.41, 5.74) is 2.05. The van der Waals surface area contributed by atoms with E-state index in [0.29, 0.717) is 10.8 Å². The molecule has 4 rings (SSSR count). The van der Waals surface area contributed by atoms with E-state index in [1.807, 2.05) is 49.4 Å². The van der Waals surface area contributed by atoms with Gasteiger partial charge in [-0.2, -0.15) is 15.5 Å². The van der Waals surface area contributed by atoms with Crippen molar-refractivity contribution in [3.63, 3.8) is 0 Å². The molecule has 0 saturated heterocycles. The van der Waals surface area contributed by atoms with Gasteiger partial charge in [0.2, 0.25) is 0 Å². The second-order valence-corrected chi connectivity index (χ2v) is 7.08. The summed E-state index contributed by atoms with van der Waals surface area (Å²) in [6, 6.07) is 18.2. The zero-order chi connectivity index (χ0) is 21.8. The number of carbonyl (C=O) groups is 1. The molecule has 2 aromatic heterocycles. The SMILES string of the molecule is Cc1cc(Cl)ccc1OCn1ccc(C(=O)Nc2c(C#N)cnn2-c2ccccc2)n1. The minimum absolute atomic E-state index is 0.126. The lowest BCUT2D eigenvalue weighted by atomic mass is 10.2. The van der Waals surface area contributed by atoms with Crippen LogP contribution in [0.25, 0.3) is 5.69 Å². The Morgan fingerprint density at radius 2 is 2.03 bits per heavy atom. The number of carbonyl (C=O) groups excluding carboxylic acids is 1. The summed E-state index contributed by atoms with van der Waals surface area (Å²) in [7, 11) is 0. The van der Waals surface area contributed by atoms with Gasteiger partial charge < -0.3 is 10.1 Å². The lowest BCUT2D eigenvalue weighted by Gasteiger charge is -2.09. The third-order valence-corrected chi connectivity index (χ3v) is 4.72. The Kier molecular flexibility index (Phi) is 5.69. The third-order valence-electron chi connectivity index (χ3n) is 4.48. The molecule has 8 nitrogen and oxygen atoms in total. The zero-order valence-corrected chi connectivity index (χ0v) is 17.2. The van der Waals surface area contributed by atoms with E-state index >= 15 is 0 Å². The number of nitrogens with zero attached hydrogens (tertiary/aromatic N) is 5. The molecule has 1 N–H and O–H groups in total. The fourth-order valence-corrected chi connectivity index (χ4v) is 3.18.